The molecule has 15 heteroatoms. The van der Waals surface area contributed by atoms with Crippen LogP contribution in [-0.4, -0.2) is 48.5 Å². The van der Waals surface area contributed by atoms with Gasteiger partial charge in [-0.15, -0.1) is 0 Å². The van der Waals surface area contributed by atoms with Crippen molar-refractivity contribution >= 4 is 55.3 Å². The van der Waals surface area contributed by atoms with Crippen LogP contribution in [0.2, 0.25) is 10.0 Å². The molecule has 2 heterocycles. The Morgan fingerprint density at radius 2 is 1.86 bits per heavy atom. The average Bonchev–Trinajstić information content (AvgIpc) is 3.24. The Morgan fingerprint density at radius 3 is 2.46 bits per heavy atom. The number of pyridine rings is 1. The molecule has 1 aromatic carbocycles. The van der Waals surface area contributed by atoms with E-state index < -0.39 is 39.1 Å². The lowest BCUT2D eigenvalue weighted by Gasteiger charge is -2.16. The number of carbonyl (C=O) groups is 2. The van der Waals surface area contributed by atoms with E-state index in [1.165, 1.54) is 43.6 Å². The van der Waals surface area contributed by atoms with Crippen molar-refractivity contribution in [2.24, 2.45) is 5.14 Å². The second-order valence-electron chi connectivity index (χ2n) is 8.02. The van der Waals surface area contributed by atoms with Crippen LogP contribution in [0, 0.1) is 6.92 Å². The zero-order valence-electron chi connectivity index (χ0n) is 19.6. The molecule has 0 fully saturated rings. The van der Waals surface area contributed by atoms with Crippen molar-refractivity contribution in [1.82, 2.24) is 20.1 Å². The van der Waals surface area contributed by atoms with E-state index >= 15 is 0 Å². The van der Waals surface area contributed by atoms with Gasteiger partial charge in [-0.3, -0.25) is 18.9 Å². The second kappa shape index (κ2) is 10.7. The fourth-order valence-corrected chi connectivity index (χ4v) is 3.92. The lowest BCUT2D eigenvalue weighted by Crippen LogP contribution is -2.34. The predicted octanol–water partition coefficient (Wildman–Crippen LogP) is 3.86. The summed E-state index contributed by atoms with van der Waals surface area (Å²) in [6.07, 6.45) is -2.27. The minimum atomic E-state index is -4.86. The topological polar surface area (TPSA) is 132 Å². The molecule has 3 aromatic rings. The second-order valence-corrected chi connectivity index (χ2v) is 11.4. The van der Waals surface area contributed by atoms with Crippen LogP contribution in [0.5, 0.6) is 0 Å². The van der Waals surface area contributed by atoms with Crippen LogP contribution in [0.3, 0.4) is 0 Å². The average molecular weight is 577 g/mol. The molecule has 3 rings (SSSR count). The summed E-state index contributed by atoms with van der Waals surface area (Å²) < 4.78 is 53.0. The molecule has 1 atom stereocenters. The molecule has 0 aliphatic carbocycles. The number of rotatable bonds is 6. The normalized spacial score (nSPS) is 13.1. The van der Waals surface area contributed by atoms with E-state index in [1.54, 1.807) is 6.92 Å². The lowest BCUT2D eigenvalue weighted by atomic mass is 10.1. The van der Waals surface area contributed by atoms with Gasteiger partial charge in [0.25, 0.3) is 11.8 Å². The first kappa shape index (κ1) is 28.4. The molecule has 0 saturated heterocycles. The van der Waals surface area contributed by atoms with Crippen molar-refractivity contribution in [2.75, 3.05) is 18.1 Å². The van der Waals surface area contributed by atoms with Gasteiger partial charge in [-0.05, 0) is 43.7 Å². The van der Waals surface area contributed by atoms with Crippen LogP contribution >= 0.6 is 23.2 Å². The molecule has 37 heavy (non-hydrogen) atoms. The molecule has 0 spiro atoms. The number of amides is 2. The highest BCUT2D eigenvalue weighted by Gasteiger charge is 2.37. The zero-order chi connectivity index (χ0) is 27.7. The number of aromatic nitrogens is 3. The van der Waals surface area contributed by atoms with Crippen molar-refractivity contribution < 1.29 is 27.0 Å². The molecule has 2 amide bonds. The first-order valence-electron chi connectivity index (χ1n) is 10.4. The number of nitrogens with zero attached hydrogens (tertiary/aromatic N) is 3. The molecular formula is C22H21Cl2F3N6O3S. The van der Waals surface area contributed by atoms with E-state index in [-0.39, 0.29) is 33.7 Å². The third kappa shape index (κ3) is 6.60. The Hall–Kier alpha value is -3.13. The SMILES string of the molecule is CC(CNC(=O)c1cc(Cl)cc(C)c1NC(=O)c1cc(C(F)(F)F)nn1-c1ncccc1Cl)=S(C)(N)=O. The van der Waals surface area contributed by atoms with Crippen molar-refractivity contribution in [3.63, 3.8) is 0 Å². The molecule has 0 aliphatic rings. The van der Waals surface area contributed by atoms with Crippen molar-refractivity contribution in [3.8, 4) is 5.82 Å². The lowest BCUT2D eigenvalue weighted by molar-refractivity contribution is -0.141. The third-order valence-corrected chi connectivity index (χ3v) is 7.19. The number of anilines is 1. The van der Waals surface area contributed by atoms with Gasteiger partial charge in [0.1, 0.15) is 5.69 Å². The minimum absolute atomic E-state index is 0.0111. The Bertz CT molecular complexity index is 1510. The number of benzene rings is 1. The van der Waals surface area contributed by atoms with Crippen LogP contribution in [0.25, 0.3) is 5.82 Å². The van der Waals surface area contributed by atoms with E-state index in [2.05, 4.69) is 20.7 Å². The molecule has 2 aromatic heterocycles. The van der Waals surface area contributed by atoms with Crippen molar-refractivity contribution in [1.29, 1.82) is 0 Å². The molecule has 9 nitrogen and oxygen atoms in total. The van der Waals surface area contributed by atoms with Crippen LogP contribution in [0.15, 0.2) is 36.5 Å². The van der Waals surface area contributed by atoms with E-state index in [4.69, 9.17) is 28.3 Å². The standard InChI is InChI=1S/C22H21Cl2F3N6O3S/c1-11-7-13(23)8-14(20(34)30-10-12(2)37(3,28)36)18(11)31-21(35)16-9-17(22(25,26)27)32-33(16)19-15(24)5-4-6-29-19/h4-9H,10H2,1-3H3,(H2,28,36)(H,30,34)(H,31,35). The summed E-state index contributed by atoms with van der Waals surface area (Å²) in [5.41, 5.74) is -1.62. The maximum atomic E-state index is 13.4. The van der Waals surface area contributed by atoms with Gasteiger partial charge in [0, 0.05) is 44.7 Å². The Kier molecular flexibility index (Phi) is 8.22. The van der Waals surface area contributed by atoms with Crippen molar-refractivity contribution in [3.05, 3.63) is 69.1 Å². The number of hydrogen-bond acceptors (Lipinski definition) is 5. The summed E-state index contributed by atoms with van der Waals surface area (Å²) in [4.78, 5) is 30.4. The highest BCUT2D eigenvalue weighted by molar-refractivity contribution is 7.99. The predicted molar refractivity (Wildman–Crippen MR) is 137 cm³/mol. The summed E-state index contributed by atoms with van der Waals surface area (Å²) in [6, 6.07) is 6.11. The Morgan fingerprint density at radius 1 is 1.19 bits per heavy atom. The highest BCUT2D eigenvalue weighted by atomic mass is 35.5. The van der Waals surface area contributed by atoms with Crippen molar-refractivity contribution in [2.45, 2.75) is 20.0 Å². The molecule has 0 radical (unpaired) electrons. The van der Waals surface area contributed by atoms with E-state index in [1.807, 2.05) is 0 Å². The van der Waals surface area contributed by atoms with Gasteiger partial charge >= 0.3 is 6.18 Å². The van der Waals surface area contributed by atoms with E-state index in [9.17, 15) is 27.0 Å². The number of halogens is 5. The number of aryl methyl sites for hydroxylation is 1. The summed E-state index contributed by atoms with van der Waals surface area (Å²) in [5, 5.41) is 14.2. The number of alkyl halides is 3. The largest absolute Gasteiger partial charge is 0.435 e. The monoisotopic (exact) mass is 576 g/mol. The quantitative estimate of drug-likeness (QED) is 0.383. The van der Waals surface area contributed by atoms with Gasteiger partial charge in [0.15, 0.2) is 11.5 Å². The number of hydrogen-bond donors (Lipinski definition) is 3. The molecule has 1 unspecified atom stereocenters. The molecule has 198 valence electrons. The van der Waals surface area contributed by atoms with Crippen LogP contribution in [0.4, 0.5) is 18.9 Å². The number of carbonyl (C=O) groups excluding carboxylic acids is 2. The van der Waals surface area contributed by atoms with E-state index in [0.29, 0.717) is 21.2 Å². The molecule has 0 aliphatic heterocycles. The van der Waals surface area contributed by atoms with Gasteiger partial charge in [-0.25, -0.2) is 9.67 Å². The first-order valence-corrected chi connectivity index (χ1v) is 13.2. The third-order valence-electron chi connectivity index (χ3n) is 5.15. The van der Waals surface area contributed by atoms with Gasteiger partial charge < -0.3 is 10.6 Å². The van der Waals surface area contributed by atoms with Crippen LogP contribution < -0.4 is 15.8 Å². The fourth-order valence-electron chi connectivity index (χ4n) is 3.09. The maximum Gasteiger partial charge on any atom is 0.435 e. The minimum Gasteiger partial charge on any atom is -0.348 e. The van der Waals surface area contributed by atoms with Gasteiger partial charge in [-0.2, -0.15) is 18.3 Å². The van der Waals surface area contributed by atoms with Gasteiger partial charge in [0.2, 0.25) is 0 Å². The molecular weight excluding hydrogens is 556 g/mol. The first-order chi connectivity index (χ1) is 17.1. The molecule has 0 bridgehead atoms. The van der Waals surface area contributed by atoms with Gasteiger partial charge in [0.05, 0.1) is 16.3 Å². The van der Waals surface area contributed by atoms with Crippen LogP contribution in [0.1, 0.15) is 39.0 Å². The Balaban J connectivity index is 2.05. The molecule has 0 saturated carbocycles. The zero-order valence-corrected chi connectivity index (χ0v) is 21.9. The highest BCUT2D eigenvalue weighted by Crippen LogP contribution is 2.31. The Labute approximate surface area is 220 Å². The van der Waals surface area contributed by atoms with E-state index in [0.717, 1.165) is 0 Å². The number of nitrogens with two attached hydrogens (primary N) is 1. The maximum absolute atomic E-state index is 13.4. The fraction of sp³-hybridized carbons (Fsp3) is 0.227. The number of nitrogens with one attached hydrogen (secondary N) is 2. The summed E-state index contributed by atoms with van der Waals surface area (Å²) in [7, 11) is -2.77. The van der Waals surface area contributed by atoms with Crippen LogP contribution in [-0.2, 0) is 15.9 Å². The summed E-state index contributed by atoms with van der Waals surface area (Å²) in [6.45, 7) is 2.93. The summed E-state index contributed by atoms with van der Waals surface area (Å²) in [5.74, 6) is -1.92. The summed E-state index contributed by atoms with van der Waals surface area (Å²) >= 11 is 12.2. The van der Waals surface area contributed by atoms with Gasteiger partial charge in [-0.1, -0.05) is 23.2 Å². The smallest absolute Gasteiger partial charge is 0.348 e. The molecule has 4 N–H and O–H groups in total.